The number of hydrogen-bond donors (Lipinski definition) is 2. The van der Waals surface area contributed by atoms with E-state index in [0.29, 0.717) is 12.1 Å². The molecule has 19 heavy (non-hydrogen) atoms. The van der Waals surface area contributed by atoms with Gasteiger partial charge in [0.2, 0.25) is 5.91 Å². The molecule has 0 bridgehead atoms. The van der Waals surface area contributed by atoms with Crippen molar-refractivity contribution >= 4 is 5.91 Å². The van der Waals surface area contributed by atoms with Gasteiger partial charge in [0.25, 0.3) is 0 Å². The Hall–Kier alpha value is -1.62. The van der Waals surface area contributed by atoms with Crippen LogP contribution in [0.15, 0.2) is 18.2 Å². The van der Waals surface area contributed by atoms with E-state index in [1.165, 1.54) is 18.2 Å². The molecule has 0 aromatic heterocycles. The van der Waals surface area contributed by atoms with Gasteiger partial charge < -0.3 is 10.4 Å². The summed E-state index contributed by atoms with van der Waals surface area (Å²) in [5.74, 6) is -0.445. The lowest BCUT2D eigenvalue weighted by molar-refractivity contribution is -0.122. The normalized spacial score (nSPS) is 12.5. The average Bonchev–Trinajstić information content (AvgIpc) is 2.40. The fraction of sp³-hybridized carbons (Fsp3) is 0.500. The third-order valence-corrected chi connectivity index (χ3v) is 3.12. The van der Waals surface area contributed by atoms with Gasteiger partial charge in [0.05, 0.1) is 6.54 Å². The van der Waals surface area contributed by atoms with Gasteiger partial charge in [-0.2, -0.15) is 0 Å². The Labute approximate surface area is 113 Å². The number of rotatable bonds is 6. The van der Waals surface area contributed by atoms with E-state index in [0.717, 1.165) is 6.42 Å². The summed E-state index contributed by atoms with van der Waals surface area (Å²) in [5, 5.41) is 12.4. The van der Waals surface area contributed by atoms with Crippen molar-refractivity contribution in [1.29, 1.82) is 0 Å². The third-order valence-electron chi connectivity index (χ3n) is 3.12. The van der Waals surface area contributed by atoms with Crippen molar-refractivity contribution in [3.05, 3.63) is 29.6 Å². The number of phenolic OH excluding ortho intramolecular Hbond substituents is 1. The number of hydrogen-bond acceptors (Lipinski definition) is 3. The molecule has 1 unspecified atom stereocenters. The minimum absolute atomic E-state index is 0.0481. The second-order valence-electron chi connectivity index (χ2n) is 4.52. The summed E-state index contributed by atoms with van der Waals surface area (Å²) >= 11 is 0. The molecule has 0 radical (unpaired) electrons. The zero-order valence-corrected chi connectivity index (χ0v) is 11.6. The predicted molar refractivity (Wildman–Crippen MR) is 72.4 cm³/mol. The Kier molecular flexibility index (Phi) is 5.76. The molecular weight excluding hydrogens is 247 g/mol. The highest BCUT2D eigenvalue weighted by molar-refractivity contribution is 5.77. The smallest absolute Gasteiger partial charge is 0.233 e. The van der Waals surface area contributed by atoms with Gasteiger partial charge in [0, 0.05) is 18.7 Å². The number of carbonyl (C=O) groups is 1. The van der Waals surface area contributed by atoms with E-state index in [2.05, 4.69) is 5.32 Å². The van der Waals surface area contributed by atoms with Crippen LogP contribution in [0.1, 0.15) is 31.9 Å². The summed E-state index contributed by atoms with van der Waals surface area (Å²) in [7, 11) is 1.58. The Morgan fingerprint density at radius 3 is 2.79 bits per heavy atom. The highest BCUT2D eigenvalue weighted by Gasteiger charge is 2.20. The monoisotopic (exact) mass is 268 g/mol. The molecule has 0 aliphatic carbocycles. The zero-order chi connectivity index (χ0) is 14.4. The van der Waals surface area contributed by atoms with Crippen LogP contribution in [0.5, 0.6) is 5.75 Å². The molecule has 0 saturated heterocycles. The first kappa shape index (κ1) is 15.4. The lowest BCUT2D eigenvalue weighted by Crippen LogP contribution is -2.37. The largest absolute Gasteiger partial charge is 0.508 e. The molecule has 106 valence electrons. The van der Waals surface area contributed by atoms with Gasteiger partial charge in [-0.1, -0.05) is 6.92 Å². The first-order chi connectivity index (χ1) is 8.99. The number of nitrogens with zero attached hydrogens (tertiary/aromatic N) is 1. The standard InChI is InChI=1S/C14H21FN2O2/c1-4-7-17(9-14(19)16-3)10(2)12-8-11(15)5-6-13(12)18/h5-6,8,10,18H,4,7,9H2,1-3H3,(H,16,19). The summed E-state index contributed by atoms with van der Waals surface area (Å²) < 4.78 is 13.3. The van der Waals surface area contributed by atoms with Crippen LogP contribution in [0.25, 0.3) is 0 Å². The van der Waals surface area contributed by atoms with Crippen molar-refractivity contribution in [3.63, 3.8) is 0 Å². The van der Waals surface area contributed by atoms with Crippen molar-refractivity contribution in [1.82, 2.24) is 10.2 Å². The zero-order valence-electron chi connectivity index (χ0n) is 11.6. The number of phenols is 1. The summed E-state index contributed by atoms with van der Waals surface area (Å²) in [6.07, 6.45) is 0.872. The Bertz CT molecular complexity index is 437. The van der Waals surface area contributed by atoms with Crippen molar-refractivity contribution in [2.45, 2.75) is 26.3 Å². The molecule has 1 aromatic rings. The number of amides is 1. The quantitative estimate of drug-likeness (QED) is 0.830. The van der Waals surface area contributed by atoms with Crippen LogP contribution in [-0.2, 0) is 4.79 Å². The maximum absolute atomic E-state index is 13.3. The van der Waals surface area contributed by atoms with E-state index in [1.807, 2.05) is 18.7 Å². The minimum atomic E-state index is -0.393. The highest BCUT2D eigenvalue weighted by Crippen LogP contribution is 2.29. The fourth-order valence-corrected chi connectivity index (χ4v) is 2.02. The van der Waals surface area contributed by atoms with Crippen molar-refractivity contribution in [2.24, 2.45) is 0 Å². The van der Waals surface area contributed by atoms with E-state index >= 15 is 0 Å². The topological polar surface area (TPSA) is 52.6 Å². The molecule has 0 saturated carbocycles. The van der Waals surface area contributed by atoms with Gasteiger partial charge >= 0.3 is 0 Å². The molecule has 1 rings (SSSR count). The van der Waals surface area contributed by atoms with E-state index in [4.69, 9.17) is 0 Å². The number of benzene rings is 1. The first-order valence-electron chi connectivity index (χ1n) is 6.42. The molecule has 1 atom stereocenters. The van der Waals surface area contributed by atoms with Gasteiger partial charge in [-0.3, -0.25) is 9.69 Å². The number of aromatic hydroxyl groups is 1. The molecule has 0 aliphatic rings. The Morgan fingerprint density at radius 1 is 1.53 bits per heavy atom. The van der Waals surface area contributed by atoms with Gasteiger partial charge in [0.1, 0.15) is 11.6 Å². The predicted octanol–water partition coefficient (Wildman–Crippen LogP) is 2.05. The van der Waals surface area contributed by atoms with E-state index in [9.17, 15) is 14.3 Å². The molecule has 4 nitrogen and oxygen atoms in total. The van der Waals surface area contributed by atoms with Crippen LogP contribution in [-0.4, -0.2) is 36.1 Å². The lowest BCUT2D eigenvalue weighted by Gasteiger charge is -2.28. The summed E-state index contributed by atoms with van der Waals surface area (Å²) in [6.45, 7) is 4.79. The van der Waals surface area contributed by atoms with Crippen LogP contribution in [0, 0.1) is 5.82 Å². The van der Waals surface area contributed by atoms with Crippen LogP contribution in [0.2, 0.25) is 0 Å². The van der Waals surface area contributed by atoms with Crippen molar-refractivity contribution in [2.75, 3.05) is 20.1 Å². The van der Waals surface area contributed by atoms with Crippen LogP contribution < -0.4 is 5.32 Å². The Morgan fingerprint density at radius 2 is 2.21 bits per heavy atom. The van der Waals surface area contributed by atoms with Crippen LogP contribution >= 0.6 is 0 Å². The number of carbonyl (C=O) groups excluding carboxylic acids is 1. The van der Waals surface area contributed by atoms with Crippen LogP contribution in [0.3, 0.4) is 0 Å². The maximum atomic E-state index is 13.3. The average molecular weight is 268 g/mol. The highest BCUT2D eigenvalue weighted by atomic mass is 19.1. The molecule has 5 heteroatoms. The summed E-state index contributed by atoms with van der Waals surface area (Å²) in [6, 6.07) is 3.64. The molecule has 1 amide bonds. The lowest BCUT2D eigenvalue weighted by atomic mass is 10.0. The SMILES string of the molecule is CCCN(CC(=O)NC)C(C)c1cc(F)ccc1O. The van der Waals surface area contributed by atoms with Gasteiger partial charge in [-0.05, 0) is 38.1 Å². The van der Waals surface area contributed by atoms with E-state index in [1.54, 1.807) is 7.05 Å². The fourth-order valence-electron chi connectivity index (χ4n) is 2.02. The minimum Gasteiger partial charge on any atom is -0.508 e. The molecule has 0 heterocycles. The molecule has 2 N–H and O–H groups in total. The molecule has 1 aromatic carbocycles. The van der Waals surface area contributed by atoms with Gasteiger partial charge in [-0.15, -0.1) is 0 Å². The number of halogens is 1. The van der Waals surface area contributed by atoms with Crippen molar-refractivity contribution < 1.29 is 14.3 Å². The molecular formula is C14H21FN2O2. The summed E-state index contributed by atoms with van der Waals surface area (Å²) in [4.78, 5) is 13.4. The van der Waals surface area contributed by atoms with Gasteiger partial charge in [-0.25, -0.2) is 4.39 Å². The van der Waals surface area contributed by atoms with Gasteiger partial charge in [0.15, 0.2) is 0 Å². The van der Waals surface area contributed by atoms with Crippen molar-refractivity contribution in [3.8, 4) is 5.75 Å². The molecule has 0 spiro atoms. The second kappa shape index (κ2) is 7.09. The van der Waals surface area contributed by atoms with E-state index in [-0.39, 0.29) is 24.2 Å². The van der Waals surface area contributed by atoms with E-state index < -0.39 is 5.82 Å². The first-order valence-corrected chi connectivity index (χ1v) is 6.42. The number of likely N-dealkylation sites (N-methyl/N-ethyl adjacent to an activating group) is 1. The number of nitrogens with one attached hydrogen (secondary N) is 1. The second-order valence-corrected chi connectivity index (χ2v) is 4.52. The Balaban J connectivity index is 2.94. The van der Waals surface area contributed by atoms with Crippen LogP contribution in [0.4, 0.5) is 4.39 Å². The molecule has 0 fully saturated rings. The maximum Gasteiger partial charge on any atom is 0.233 e. The third kappa shape index (κ3) is 4.21. The molecule has 0 aliphatic heterocycles. The summed E-state index contributed by atoms with van der Waals surface area (Å²) in [5.41, 5.74) is 0.498.